The van der Waals surface area contributed by atoms with Crippen molar-refractivity contribution < 1.29 is 22.7 Å². The van der Waals surface area contributed by atoms with Crippen molar-refractivity contribution in [3.8, 4) is 5.69 Å². The summed E-state index contributed by atoms with van der Waals surface area (Å²) in [6.07, 6.45) is -3.15. The molecule has 13 heteroatoms. The Morgan fingerprint density at radius 1 is 1.22 bits per heavy atom. The number of carbonyl (C=O) groups is 1. The van der Waals surface area contributed by atoms with Crippen LogP contribution in [-0.2, 0) is 17.5 Å². The van der Waals surface area contributed by atoms with Gasteiger partial charge in [-0.25, -0.2) is 9.78 Å². The summed E-state index contributed by atoms with van der Waals surface area (Å²) in [6.45, 7) is 3.45. The summed E-state index contributed by atoms with van der Waals surface area (Å²) in [6, 6.07) is 4.32. The van der Waals surface area contributed by atoms with E-state index in [1.165, 1.54) is 27.7 Å². The number of esters is 1. The lowest BCUT2D eigenvalue weighted by Gasteiger charge is -2.09. The number of ether oxygens (including phenoxy) is 1. The Morgan fingerprint density at radius 2 is 1.94 bits per heavy atom. The number of nitrogens with zero attached hydrogens (tertiary/aromatic N) is 6. The smallest absolute Gasteiger partial charge is 0.416 e. The SMILES string of the molecule is CCOC(=O)c1sc2ncn(Cc3nnnn3-c3ccc(C(F)(F)F)cc3)c(=O)c2c1C. The molecule has 0 fully saturated rings. The molecule has 4 rings (SSSR count). The average molecular weight is 464 g/mol. The second-order valence-corrected chi connectivity index (χ2v) is 7.69. The molecule has 1 aromatic carbocycles. The lowest BCUT2D eigenvalue weighted by Crippen LogP contribution is -2.23. The fourth-order valence-electron chi connectivity index (χ4n) is 3.11. The number of fused-ring (bicyclic) bond motifs is 1. The van der Waals surface area contributed by atoms with E-state index in [0.717, 1.165) is 23.5 Å². The number of halogens is 3. The maximum atomic E-state index is 13.0. The molecule has 0 aliphatic rings. The molecule has 0 bridgehead atoms. The van der Waals surface area contributed by atoms with E-state index in [1.54, 1.807) is 13.8 Å². The van der Waals surface area contributed by atoms with Crippen LogP contribution in [0.2, 0.25) is 0 Å². The molecule has 0 radical (unpaired) electrons. The zero-order chi connectivity index (χ0) is 23.0. The minimum atomic E-state index is -4.46. The molecule has 9 nitrogen and oxygen atoms in total. The summed E-state index contributed by atoms with van der Waals surface area (Å²) in [5.74, 6) is -0.309. The maximum Gasteiger partial charge on any atom is 0.416 e. The van der Waals surface area contributed by atoms with Gasteiger partial charge in [0.2, 0.25) is 0 Å². The van der Waals surface area contributed by atoms with E-state index in [-0.39, 0.29) is 24.4 Å². The molecule has 0 atom stereocenters. The molecule has 0 aliphatic carbocycles. The Bertz CT molecular complexity index is 1360. The minimum Gasteiger partial charge on any atom is -0.462 e. The van der Waals surface area contributed by atoms with Crippen molar-refractivity contribution in [1.29, 1.82) is 0 Å². The highest BCUT2D eigenvalue weighted by atomic mass is 32.1. The van der Waals surface area contributed by atoms with Crippen molar-refractivity contribution >= 4 is 27.5 Å². The van der Waals surface area contributed by atoms with Crippen LogP contribution in [0.1, 0.15) is 33.5 Å². The number of rotatable bonds is 5. The molecule has 0 amide bonds. The van der Waals surface area contributed by atoms with E-state index >= 15 is 0 Å². The first-order valence-corrected chi connectivity index (χ1v) is 10.1. The van der Waals surface area contributed by atoms with Gasteiger partial charge in [0.15, 0.2) is 5.82 Å². The monoisotopic (exact) mass is 464 g/mol. The van der Waals surface area contributed by atoms with E-state index < -0.39 is 23.3 Å². The van der Waals surface area contributed by atoms with Crippen molar-refractivity contribution in [2.24, 2.45) is 0 Å². The molecule has 0 saturated heterocycles. The van der Waals surface area contributed by atoms with Crippen molar-refractivity contribution in [2.75, 3.05) is 6.61 Å². The molecule has 32 heavy (non-hydrogen) atoms. The van der Waals surface area contributed by atoms with Crippen LogP contribution in [0.4, 0.5) is 13.2 Å². The molecule has 0 saturated carbocycles. The summed E-state index contributed by atoms with van der Waals surface area (Å²) < 4.78 is 46.0. The number of hydrogen-bond acceptors (Lipinski definition) is 8. The van der Waals surface area contributed by atoms with Crippen LogP contribution in [0.15, 0.2) is 35.4 Å². The average Bonchev–Trinajstić information content (AvgIpc) is 3.34. The van der Waals surface area contributed by atoms with E-state index in [4.69, 9.17) is 4.74 Å². The molecule has 0 aliphatic heterocycles. The first kappa shape index (κ1) is 21.6. The molecule has 0 N–H and O–H groups in total. The molecule has 3 aromatic heterocycles. The summed E-state index contributed by atoms with van der Waals surface area (Å²) >= 11 is 1.07. The molecule has 3 heterocycles. The van der Waals surface area contributed by atoms with Crippen LogP contribution < -0.4 is 5.56 Å². The Morgan fingerprint density at radius 3 is 2.59 bits per heavy atom. The molecule has 0 unspecified atom stereocenters. The van der Waals surface area contributed by atoms with E-state index in [0.29, 0.717) is 21.0 Å². The second kappa shape index (κ2) is 8.15. The van der Waals surface area contributed by atoms with Gasteiger partial charge in [-0.3, -0.25) is 9.36 Å². The van der Waals surface area contributed by atoms with Gasteiger partial charge in [0.1, 0.15) is 9.71 Å². The van der Waals surface area contributed by atoms with Gasteiger partial charge in [0, 0.05) is 0 Å². The van der Waals surface area contributed by atoms with Crippen LogP contribution in [0, 0.1) is 6.92 Å². The highest BCUT2D eigenvalue weighted by Gasteiger charge is 2.30. The number of tetrazole rings is 1. The summed E-state index contributed by atoms with van der Waals surface area (Å²) in [5, 5.41) is 11.5. The Kier molecular flexibility index (Phi) is 5.50. The molecule has 166 valence electrons. The summed E-state index contributed by atoms with van der Waals surface area (Å²) in [4.78, 5) is 30.1. The number of hydrogen-bond donors (Lipinski definition) is 0. The standard InChI is InChI=1S/C19H15F3N6O3S/c1-3-31-18(30)15-10(2)14-16(32-15)23-9-27(17(14)29)8-13-24-25-26-28(13)12-6-4-11(5-7-12)19(20,21)22/h4-7,9H,3,8H2,1-2H3. The summed E-state index contributed by atoms with van der Waals surface area (Å²) in [7, 11) is 0. The lowest BCUT2D eigenvalue weighted by molar-refractivity contribution is -0.137. The third-order valence-electron chi connectivity index (χ3n) is 4.66. The quantitative estimate of drug-likeness (QED) is 0.418. The first-order chi connectivity index (χ1) is 15.2. The third-order valence-corrected chi connectivity index (χ3v) is 5.84. The minimum absolute atomic E-state index is 0.0835. The molecule has 4 aromatic rings. The largest absolute Gasteiger partial charge is 0.462 e. The van der Waals surface area contributed by atoms with Crippen LogP contribution in [0.25, 0.3) is 15.9 Å². The number of aromatic nitrogens is 6. The first-order valence-electron chi connectivity index (χ1n) is 9.31. The molecular weight excluding hydrogens is 449 g/mol. The predicted molar refractivity (Wildman–Crippen MR) is 108 cm³/mol. The maximum absolute atomic E-state index is 13.0. The number of benzene rings is 1. The Balaban J connectivity index is 1.69. The number of carbonyl (C=O) groups excluding carboxylic acids is 1. The van der Waals surface area contributed by atoms with Crippen molar-refractivity contribution in [3.63, 3.8) is 0 Å². The normalized spacial score (nSPS) is 11.8. The van der Waals surface area contributed by atoms with Crippen LogP contribution in [0.3, 0.4) is 0 Å². The van der Waals surface area contributed by atoms with Gasteiger partial charge >= 0.3 is 12.1 Å². The fourth-order valence-corrected chi connectivity index (χ4v) is 4.15. The van der Waals surface area contributed by atoms with Gasteiger partial charge < -0.3 is 4.74 Å². The number of aryl methyl sites for hydroxylation is 1. The molecular formula is C19H15F3N6O3S. The number of alkyl halides is 3. The second-order valence-electron chi connectivity index (χ2n) is 6.69. The van der Waals surface area contributed by atoms with Gasteiger partial charge in [0.25, 0.3) is 5.56 Å². The van der Waals surface area contributed by atoms with Gasteiger partial charge in [0.05, 0.1) is 36.1 Å². The Hall–Kier alpha value is -3.61. The van der Waals surface area contributed by atoms with E-state index in [1.807, 2.05) is 0 Å². The van der Waals surface area contributed by atoms with E-state index in [2.05, 4.69) is 20.5 Å². The van der Waals surface area contributed by atoms with Crippen molar-refractivity contribution in [3.05, 3.63) is 62.8 Å². The predicted octanol–water partition coefficient (Wildman–Crippen LogP) is 2.99. The third kappa shape index (κ3) is 3.86. The van der Waals surface area contributed by atoms with Crippen molar-refractivity contribution in [2.45, 2.75) is 26.6 Å². The van der Waals surface area contributed by atoms with Crippen LogP contribution in [0.5, 0.6) is 0 Å². The highest BCUT2D eigenvalue weighted by molar-refractivity contribution is 7.20. The lowest BCUT2D eigenvalue weighted by atomic mass is 10.2. The van der Waals surface area contributed by atoms with Gasteiger partial charge in [-0.15, -0.1) is 16.4 Å². The highest BCUT2D eigenvalue weighted by Crippen LogP contribution is 2.30. The van der Waals surface area contributed by atoms with Crippen LogP contribution in [-0.4, -0.2) is 42.3 Å². The fraction of sp³-hybridized carbons (Fsp3) is 0.263. The van der Waals surface area contributed by atoms with Gasteiger partial charge in [-0.2, -0.15) is 17.9 Å². The van der Waals surface area contributed by atoms with E-state index in [9.17, 15) is 22.8 Å². The van der Waals surface area contributed by atoms with Gasteiger partial charge in [-0.1, -0.05) is 0 Å². The zero-order valence-electron chi connectivity index (χ0n) is 16.8. The van der Waals surface area contributed by atoms with Crippen LogP contribution >= 0.6 is 11.3 Å². The van der Waals surface area contributed by atoms with Crippen molar-refractivity contribution in [1.82, 2.24) is 29.8 Å². The zero-order valence-corrected chi connectivity index (χ0v) is 17.6. The Labute approximate surface area is 182 Å². The molecule has 0 spiro atoms. The van der Waals surface area contributed by atoms with Gasteiger partial charge in [-0.05, 0) is 54.1 Å². The number of thiophene rings is 1. The summed E-state index contributed by atoms with van der Waals surface area (Å²) in [5.41, 5.74) is -0.428. The topological polar surface area (TPSA) is 105 Å².